The molecule has 0 amide bonds. The lowest BCUT2D eigenvalue weighted by atomic mass is 10.1. The Morgan fingerprint density at radius 3 is 2.53 bits per heavy atom. The highest BCUT2D eigenvalue weighted by molar-refractivity contribution is 6.31. The molecule has 2 aromatic carbocycles. The van der Waals surface area contributed by atoms with Gasteiger partial charge in [-0.3, -0.25) is 0 Å². The average molecular weight is 277 g/mol. The molecule has 3 nitrogen and oxygen atoms in total. The van der Waals surface area contributed by atoms with Gasteiger partial charge in [-0.05, 0) is 24.6 Å². The van der Waals surface area contributed by atoms with E-state index < -0.39 is 5.97 Å². The van der Waals surface area contributed by atoms with Crippen molar-refractivity contribution in [2.24, 2.45) is 0 Å². The number of hydrogen-bond donors (Lipinski definition) is 1. The quantitative estimate of drug-likeness (QED) is 0.920. The summed E-state index contributed by atoms with van der Waals surface area (Å²) in [6.07, 6.45) is 0. The number of halogens is 1. The van der Waals surface area contributed by atoms with Crippen LogP contribution in [-0.4, -0.2) is 11.1 Å². The highest BCUT2D eigenvalue weighted by Crippen LogP contribution is 2.30. The summed E-state index contributed by atoms with van der Waals surface area (Å²) in [7, 11) is 0. The molecule has 4 heteroatoms. The van der Waals surface area contributed by atoms with Gasteiger partial charge in [0.2, 0.25) is 0 Å². The number of carboxylic acids is 1. The number of benzene rings is 2. The topological polar surface area (TPSA) is 46.5 Å². The number of hydrogen-bond acceptors (Lipinski definition) is 2. The molecule has 2 rings (SSSR count). The maximum absolute atomic E-state index is 11.2. The van der Waals surface area contributed by atoms with Gasteiger partial charge < -0.3 is 9.84 Å². The van der Waals surface area contributed by atoms with Gasteiger partial charge in [-0.1, -0.05) is 41.9 Å². The van der Waals surface area contributed by atoms with Gasteiger partial charge in [-0.25, -0.2) is 4.79 Å². The van der Waals surface area contributed by atoms with Crippen LogP contribution >= 0.6 is 11.6 Å². The molecule has 0 aromatic heterocycles. The first-order valence-electron chi connectivity index (χ1n) is 5.78. The fraction of sp³-hybridized carbons (Fsp3) is 0.133. The van der Waals surface area contributed by atoms with Gasteiger partial charge in [0.25, 0.3) is 0 Å². The summed E-state index contributed by atoms with van der Waals surface area (Å²) in [6, 6.07) is 12.6. The van der Waals surface area contributed by atoms with Crippen LogP contribution in [0.15, 0.2) is 42.5 Å². The largest absolute Gasteiger partial charge is 0.488 e. The fourth-order valence-corrected chi connectivity index (χ4v) is 1.90. The monoisotopic (exact) mass is 276 g/mol. The van der Waals surface area contributed by atoms with Gasteiger partial charge in [0.05, 0.1) is 0 Å². The molecule has 0 saturated carbocycles. The minimum atomic E-state index is -1.03. The fourth-order valence-electron chi connectivity index (χ4n) is 1.75. The van der Waals surface area contributed by atoms with Crippen LogP contribution in [0.1, 0.15) is 21.5 Å². The zero-order valence-electron chi connectivity index (χ0n) is 10.4. The Morgan fingerprint density at radius 2 is 1.89 bits per heavy atom. The second-order valence-corrected chi connectivity index (χ2v) is 4.54. The average Bonchev–Trinajstić information content (AvgIpc) is 2.41. The maximum atomic E-state index is 11.2. The molecule has 0 saturated heterocycles. The van der Waals surface area contributed by atoms with Crippen LogP contribution in [0.3, 0.4) is 0 Å². The summed E-state index contributed by atoms with van der Waals surface area (Å²) < 4.78 is 5.63. The van der Waals surface area contributed by atoms with Gasteiger partial charge in [0.15, 0.2) is 0 Å². The molecule has 98 valence electrons. The molecule has 0 bridgehead atoms. The van der Waals surface area contributed by atoms with E-state index in [1.54, 1.807) is 13.0 Å². The Bertz CT molecular complexity index is 594. The third kappa shape index (κ3) is 3.06. The van der Waals surface area contributed by atoms with E-state index in [0.717, 1.165) is 5.56 Å². The SMILES string of the molecule is Cc1c(Cl)ccc(C(=O)O)c1OCc1ccccc1. The number of aromatic carboxylic acids is 1. The zero-order valence-corrected chi connectivity index (χ0v) is 11.1. The van der Waals surface area contributed by atoms with E-state index in [0.29, 0.717) is 22.9 Å². The summed E-state index contributed by atoms with van der Waals surface area (Å²) in [5, 5.41) is 9.65. The third-order valence-corrected chi connectivity index (χ3v) is 3.21. The van der Waals surface area contributed by atoms with E-state index >= 15 is 0 Å². The van der Waals surface area contributed by atoms with Crippen LogP contribution in [0.4, 0.5) is 0 Å². The Labute approximate surface area is 116 Å². The minimum Gasteiger partial charge on any atom is -0.488 e. The molecule has 0 atom stereocenters. The Balaban J connectivity index is 2.28. The first-order valence-corrected chi connectivity index (χ1v) is 6.16. The zero-order chi connectivity index (χ0) is 13.8. The second-order valence-electron chi connectivity index (χ2n) is 4.13. The summed E-state index contributed by atoms with van der Waals surface area (Å²) >= 11 is 6.00. The first kappa shape index (κ1) is 13.4. The molecule has 0 unspecified atom stereocenters. The van der Waals surface area contributed by atoms with E-state index in [1.807, 2.05) is 30.3 Å². The van der Waals surface area contributed by atoms with Gasteiger partial charge in [0.1, 0.15) is 17.9 Å². The van der Waals surface area contributed by atoms with Crippen LogP contribution < -0.4 is 4.74 Å². The second kappa shape index (κ2) is 5.76. The predicted molar refractivity (Wildman–Crippen MR) is 73.9 cm³/mol. The van der Waals surface area contributed by atoms with Gasteiger partial charge in [-0.15, -0.1) is 0 Å². The molecule has 0 aliphatic carbocycles. The Morgan fingerprint density at radius 1 is 1.21 bits per heavy atom. The smallest absolute Gasteiger partial charge is 0.339 e. The Hall–Kier alpha value is -2.00. The van der Waals surface area contributed by atoms with E-state index in [4.69, 9.17) is 21.4 Å². The highest BCUT2D eigenvalue weighted by atomic mass is 35.5. The highest BCUT2D eigenvalue weighted by Gasteiger charge is 2.16. The van der Waals surface area contributed by atoms with Gasteiger partial charge >= 0.3 is 5.97 Å². The van der Waals surface area contributed by atoms with Gasteiger partial charge in [-0.2, -0.15) is 0 Å². The van der Waals surface area contributed by atoms with Crippen molar-refractivity contribution in [3.8, 4) is 5.75 Å². The lowest BCUT2D eigenvalue weighted by Gasteiger charge is -2.13. The van der Waals surface area contributed by atoms with E-state index in [1.165, 1.54) is 6.07 Å². The first-order chi connectivity index (χ1) is 9.09. The lowest BCUT2D eigenvalue weighted by molar-refractivity contribution is 0.0691. The molecule has 0 radical (unpaired) electrons. The normalized spacial score (nSPS) is 10.2. The van der Waals surface area contributed by atoms with Crippen LogP contribution in [0.2, 0.25) is 5.02 Å². The van der Waals surface area contributed by atoms with Crippen molar-refractivity contribution in [3.05, 3.63) is 64.2 Å². The molecular weight excluding hydrogens is 264 g/mol. The van der Waals surface area contributed by atoms with Crippen LogP contribution in [0, 0.1) is 6.92 Å². The number of ether oxygens (including phenoxy) is 1. The van der Waals surface area contributed by atoms with Crippen molar-refractivity contribution in [1.29, 1.82) is 0 Å². The van der Waals surface area contributed by atoms with Crippen molar-refractivity contribution < 1.29 is 14.6 Å². The maximum Gasteiger partial charge on any atom is 0.339 e. The van der Waals surface area contributed by atoms with Crippen LogP contribution in [-0.2, 0) is 6.61 Å². The van der Waals surface area contributed by atoms with Crippen molar-refractivity contribution in [1.82, 2.24) is 0 Å². The van der Waals surface area contributed by atoms with E-state index in [9.17, 15) is 4.79 Å². The molecule has 19 heavy (non-hydrogen) atoms. The number of carboxylic acid groups (broad SMARTS) is 1. The number of carbonyl (C=O) groups is 1. The van der Waals surface area contributed by atoms with Gasteiger partial charge in [0, 0.05) is 10.6 Å². The molecule has 0 spiro atoms. The summed E-state index contributed by atoms with van der Waals surface area (Å²) in [5.74, 6) is -0.702. The Kier molecular flexibility index (Phi) is 4.07. The van der Waals surface area contributed by atoms with Crippen LogP contribution in [0.5, 0.6) is 5.75 Å². The van der Waals surface area contributed by atoms with E-state index in [2.05, 4.69) is 0 Å². The van der Waals surface area contributed by atoms with Crippen LogP contribution in [0.25, 0.3) is 0 Å². The molecule has 0 heterocycles. The minimum absolute atomic E-state index is 0.123. The summed E-state index contributed by atoms with van der Waals surface area (Å²) in [5.41, 5.74) is 1.73. The van der Waals surface area contributed by atoms with Crippen molar-refractivity contribution in [2.45, 2.75) is 13.5 Å². The summed E-state index contributed by atoms with van der Waals surface area (Å²) in [4.78, 5) is 11.2. The molecular formula is C15H13ClO3. The number of rotatable bonds is 4. The van der Waals surface area contributed by atoms with Crippen molar-refractivity contribution >= 4 is 17.6 Å². The lowest BCUT2D eigenvalue weighted by Crippen LogP contribution is -2.05. The molecule has 1 N–H and O–H groups in total. The third-order valence-electron chi connectivity index (χ3n) is 2.80. The molecule has 2 aromatic rings. The predicted octanol–water partition coefficient (Wildman–Crippen LogP) is 3.93. The van der Waals surface area contributed by atoms with E-state index in [-0.39, 0.29) is 5.56 Å². The molecule has 0 aliphatic heterocycles. The van der Waals surface area contributed by atoms with Crippen molar-refractivity contribution in [2.75, 3.05) is 0 Å². The molecule has 0 aliphatic rings. The molecule has 0 fully saturated rings. The standard InChI is InChI=1S/C15H13ClO3/c1-10-13(16)8-7-12(15(17)18)14(10)19-9-11-5-3-2-4-6-11/h2-8H,9H2,1H3,(H,17,18). The van der Waals surface area contributed by atoms with Crippen molar-refractivity contribution in [3.63, 3.8) is 0 Å². The summed E-state index contributed by atoms with van der Waals surface area (Å²) in [6.45, 7) is 2.05.